The molecule has 0 aromatic carbocycles. The third-order valence-corrected chi connectivity index (χ3v) is 4.83. The third-order valence-electron chi connectivity index (χ3n) is 4.83. The summed E-state index contributed by atoms with van der Waals surface area (Å²) in [6.45, 7) is 3.28. The first-order valence-corrected chi connectivity index (χ1v) is 8.15. The summed E-state index contributed by atoms with van der Waals surface area (Å²) in [4.78, 5) is 21.3. The first-order chi connectivity index (χ1) is 11.2. The summed E-state index contributed by atoms with van der Waals surface area (Å²) in [6.07, 6.45) is 6.69. The van der Waals surface area contributed by atoms with E-state index in [9.17, 15) is 4.79 Å². The number of hydrogen-bond donors (Lipinski definition) is 0. The molecule has 4 rings (SSSR count). The number of amides is 1. The Balaban J connectivity index is 1.33. The van der Waals surface area contributed by atoms with E-state index in [1.54, 1.807) is 4.68 Å². The highest BCUT2D eigenvalue weighted by atomic mass is 16.2. The van der Waals surface area contributed by atoms with Crippen molar-refractivity contribution in [3.63, 3.8) is 0 Å². The number of pyridine rings is 1. The summed E-state index contributed by atoms with van der Waals surface area (Å²) in [7, 11) is 1.92. The molecule has 3 heterocycles. The van der Waals surface area contributed by atoms with Crippen molar-refractivity contribution in [3.05, 3.63) is 42.4 Å². The second-order valence-corrected chi connectivity index (χ2v) is 6.40. The molecule has 2 aromatic heterocycles. The van der Waals surface area contributed by atoms with Gasteiger partial charge in [-0.15, -0.1) is 0 Å². The van der Waals surface area contributed by atoms with Gasteiger partial charge in [0.05, 0.1) is 6.20 Å². The topological polar surface area (TPSA) is 54.3 Å². The molecule has 1 saturated carbocycles. The maximum Gasteiger partial charge on any atom is 0.226 e. The molecule has 6 heteroatoms. The molecule has 1 aliphatic heterocycles. The minimum atomic E-state index is 0.153. The van der Waals surface area contributed by atoms with Gasteiger partial charge in [0.2, 0.25) is 5.91 Å². The molecule has 0 N–H and O–H groups in total. The fraction of sp³-hybridized carbons (Fsp3) is 0.471. The lowest BCUT2D eigenvalue weighted by Crippen LogP contribution is -2.49. The van der Waals surface area contributed by atoms with Crippen LogP contribution in [0.4, 0.5) is 5.82 Å². The van der Waals surface area contributed by atoms with Gasteiger partial charge in [-0.3, -0.25) is 9.48 Å². The largest absolute Gasteiger partial charge is 0.353 e. The Hall–Kier alpha value is -2.37. The summed E-state index contributed by atoms with van der Waals surface area (Å²) in [5.74, 6) is 1.82. The Kier molecular flexibility index (Phi) is 3.52. The molecule has 1 aliphatic carbocycles. The molecule has 120 valence electrons. The summed E-state index contributed by atoms with van der Waals surface area (Å²) in [5, 5.41) is 4.21. The van der Waals surface area contributed by atoms with Gasteiger partial charge in [-0.25, -0.2) is 4.98 Å². The molecule has 2 aliphatic rings. The maximum absolute atomic E-state index is 12.7. The lowest BCUT2D eigenvalue weighted by Gasteiger charge is -2.35. The number of aryl methyl sites for hydroxylation is 1. The van der Waals surface area contributed by atoms with E-state index in [1.807, 2.05) is 48.7 Å². The first kappa shape index (κ1) is 14.2. The van der Waals surface area contributed by atoms with E-state index in [2.05, 4.69) is 15.0 Å². The Bertz CT molecular complexity index is 690. The minimum absolute atomic E-state index is 0.153. The van der Waals surface area contributed by atoms with Crippen molar-refractivity contribution in [1.29, 1.82) is 0 Å². The highest BCUT2D eigenvalue weighted by molar-refractivity contribution is 5.83. The zero-order chi connectivity index (χ0) is 15.8. The predicted octanol–water partition coefficient (Wildman–Crippen LogP) is 1.27. The van der Waals surface area contributed by atoms with Crippen LogP contribution in [0.3, 0.4) is 0 Å². The van der Waals surface area contributed by atoms with Crippen LogP contribution in [-0.4, -0.2) is 51.8 Å². The van der Waals surface area contributed by atoms with E-state index in [-0.39, 0.29) is 5.92 Å². The molecular formula is C17H21N5O. The normalized spacial score (nSPS) is 23.9. The lowest BCUT2D eigenvalue weighted by molar-refractivity contribution is -0.133. The number of anilines is 1. The van der Waals surface area contributed by atoms with Crippen molar-refractivity contribution < 1.29 is 4.79 Å². The maximum atomic E-state index is 12.7. The zero-order valence-electron chi connectivity index (χ0n) is 13.3. The average Bonchev–Trinajstić information content (AvgIpc) is 3.29. The third kappa shape index (κ3) is 2.81. The van der Waals surface area contributed by atoms with Gasteiger partial charge in [0.15, 0.2) is 0 Å². The predicted molar refractivity (Wildman–Crippen MR) is 87.1 cm³/mol. The van der Waals surface area contributed by atoms with E-state index in [4.69, 9.17) is 0 Å². The summed E-state index contributed by atoms with van der Waals surface area (Å²) >= 11 is 0. The van der Waals surface area contributed by atoms with Crippen molar-refractivity contribution in [3.8, 4) is 0 Å². The van der Waals surface area contributed by atoms with Crippen molar-refractivity contribution >= 4 is 11.7 Å². The van der Waals surface area contributed by atoms with Crippen molar-refractivity contribution in [2.24, 2.45) is 13.0 Å². The van der Waals surface area contributed by atoms with E-state index in [1.165, 1.54) is 5.56 Å². The molecule has 6 nitrogen and oxygen atoms in total. The van der Waals surface area contributed by atoms with Gasteiger partial charge in [-0.2, -0.15) is 5.10 Å². The first-order valence-electron chi connectivity index (χ1n) is 8.15. The number of carbonyl (C=O) groups excluding carboxylic acids is 1. The van der Waals surface area contributed by atoms with Gasteiger partial charge >= 0.3 is 0 Å². The quantitative estimate of drug-likeness (QED) is 0.856. The second kappa shape index (κ2) is 5.68. The van der Waals surface area contributed by atoms with Gasteiger partial charge in [-0.1, -0.05) is 6.07 Å². The van der Waals surface area contributed by atoms with Crippen LogP contribution < -0.4 is 4.90 Å². The van der Waals surface area contributed by atoms with Crippen LogP contribution in [0.5, 0.6) is 0 Å². The molecule has 2 aromatic rings. The van der Waals surface area contributed by atoms with Gasteiger partial charge in [0.1, 0.15) is 5.82 Å². The van der Waals surface area contributed by atoms with E-state index in [0.29, 0.717) is 11.8 Å². The fourth-order valence-corrected chi connectivity index (χ4v) is 3.40. The van der Waals surface area contributed by atoms with Crippen molar-refractivity contribution in [2.45, 2.75) is 12.3 Å². The molecule has 0 spiro atoms. The fourth-order valence-electron chi connectivity index (χ4n) is 3.40. The van der Waals surface area contributed by atoms with E-state index in [0.717, 1.165) is 38.4 Å². The van der Waals surface area contributed by atoms with Crippen molar-refractivity contribution in [1.82, 2.24) is 19.7 Å². The number of aromatic nitrogens is 3. The van der Waals surface area contributed by atoms with Crippen LogP contribution in [0.25, 0.3) is 0 Å². The Morgan fingerprint density at radius 3 is 2.70 bits per heavy atom. The van der Waals surface area contributed by atoms with Crippen LogP contribution >= 0.6 is 0 Å². The highest BCUT2D eigenvalue weighted by Crippen LogP contribution is 2.48. The average molecular weight is 311 g/mol. The standard InChI is InChI=1S/C17H21N5O/c1-20-12-13(11-19-20)14-10-15(14)17(23)22-8-6-21(7-9-22)16-4-2-3-5-18-16/h2-5,11-12,14-15H,6-10H2,1H3/t14-,15+/m0/s1. The number of nitrogens with zero attached hydrogens (tertiary/aromatic N) is 5. The summed E-state index contributed by atoms with van der Waals surface area (Å²) in [5.41, 5.74) is 1.19. The van der Waals surface area contributed by atoms with Gasteiger partial charge < -0.3 is 9.80 Å². The zero-order valence-corrected chi connectivity index (χ0v) is 13.3. The Morgan fingerprint density at radius 2 is 2.04 bits per heavy atom. The summed E-state index contributed by atoms with van der Waals surface area (Å²) in [6, 6.07) is 5.95. The number of hydrogen-bond acceptors (Lipinski definition) is 4. The number of piperazine rings is 1. The highest BCUT2D eigenvalue weighted by Gasteiger charge is 2.46. The number of rotatable bonds is 3. The SMILES string of the molecule is Cn1cc([C@@H]2C[C@H]2C(=O)N2CCN(c3ccccn3)CC2)cn1. The monoisotopic (exact) mass is 311 g/mol. The molecule has 23 heavy (non-hydrogen) atoms. The molecule has 0 bridgehead atoms. The van der Waals surface area contributed by atoms with Gasteiger partial charge in [0.25, 0.3) is 0 Å². The Morgan fingerprint density at radius 1 is 1.22 bits per heavy atom. The van der Waals surface area contributed by atoms with Crippen LogP contribution in [0, 0.1) is 5.92 Å². The smallest absolute Gasteiger partial charge is 0.226 e. The van der Waals surface area contributed by atoms with Gasteiger partial charge in [-0.05, 0) is 30.0 Å². The van der Waals surface area contributed by atoms with Crippen LogP contribution in [0.2, 0.25) is 0 Å². The second-order valence-electron chi connectivity index (χ2n) is 6.40. The van der Waals surface area contributed by atoms with Crippen LogP contribution in [0.15, 0.2) is 36.8 Å². The van der Waals surface area contributed by atoms with E-state index < -0.39 is 0 Å². The molecular weight excluding hydrogens is 290 g/mol. The number of carbonyl (C=O) groups is 1. The molecule has 0 radical (unpaired) electrons. The minimum Gasteiger partial charge on any atom is -0.353 e. The van der Waals surface area contributed by atoms with Crippen LogP contribution in [-0.2, 0) is 11.8 Å². The molecule has 0 unspecified atom stereocenters. The Labute approximate surface area is 135 Å². The molecule has 1 amide bonds. The van der Waals surface area contributed by atoms with Gasteiger partial charge in [0, 0.05) is 51.5 Å². The summed E-state index contributed by atoms with van der Waals surface area (Å²) < 4.78 is 1.81. The molecule has 1 saturated heterocycles. The van der Waals surface area contributed by atoms with E-state index >= 15 is 0 Å². The van der Waals surface area contributed by atoms with Crippen molar-refractivity contribution in [2.75, 3.05) is 31.1 Å². The lowest BCUT2D eigenvalue weighted by atomic mass is 10.1. The van der Waals surface area contributed by atoms with Crippen LogP contribution in [0.1, 0.15) is 17.9 Å². The molecule has 2 atom stereocenters. The molecule has 2 fully saturated rings.